The van der Waals surface area contributed by atoms with Gasteiger partial charge in [-0.3, -0.25) is 9.69 Å². The Bertz CT molecular complexity index is 1260. The van der Waals surface area contributed by atoms with Crippen molar-refractivity contribution in [1.82, 2.24) is 9.47 Å². The molecule has 6 rings (SSSR count). The molecule has 2 aliphatic heterocycles. The molecule has 0 saturated heterocycles. The Kier molecular flexibility index (Phi) is 4.61. The van der Waals surface area contributed by atoms with Gasteiger partial charge in [-0.2, -0.15) is 0 Å². The Morgan fingerprint density at radius 1 is 1.16 bits per heavy atom. The third-order valence-corrected chi connectivity index (χ3v) is 7.25. The zero-order valence-electron chi connectivity index (χ0n) is 18.7. The number of allylic oxidation sites excluding steroid dienone is 1. The van der Waals surface area contributed by atoms with E-state index in [2.05, 4.69) is 34.7 Å². The lowest BCUT2D eigenvalue weighted by atomic mass is 9.99. The predicted octanol–water partition coefficient (Wildman–Crippen LogP) is 5.68. The van der Waals surface area contributed by atoms with Gasteiger partial charge in [0.05, 0.1) is 5.56 Å². The van der Waals surface area contributed by atoms with E-state index >= 15 is 0 Å². The van der Waals surface area contributed by atoms with Crippen molar-refractivity contribution in [2.24, 2.45) is 0 Å². The van der Waals surface area contributed by atoms with Gasteiger partial charge >= 0.3 is 0 Å². The van der Waals surface area contributed by atoms with Crippen LogP contribution in [0.1, 0.15) is 59.7 Å². The van der Waals surface area contributed by atoms with Crippen molar-refractivity contribution in [3.63, 3.8) is 0 Å². The van der Waals surface area contributed by atoms with Crippen LogP contribution >= 0.6 is 0 Å². The van der Waals surface area contributed by atoms with Crippen LogP contribution in [0.2, 0.25) is 0 Å². The van der Waals surface area contributed by atoms with Crippen LogP contribution in [0.25, 0.3) is 17.0 Å². The first kappa shape index (κ1) is 19.6. The second kappa shape index (κ2) is 7.52. The fourth-order valence-electron chi connectivity index (χ4n) is 5.56. The van der Waals surface area contributed by atoms with Crippen LogP contribution in [0.3, 0.4) is 0 Å². The highest BCUT2D eigenvalue weighted by molar-refractivity contribution is 6.15. The van der Waals surface area contributed by atoms with Gasteiger partial charge in [0.25, 0.3) is 0 Å². The summed E-state index contributed by atoms with van der Waals surface area (Å²) in [5, 5.41) is 1.13. The SMILES string of the molecule is CCn1cc(/C=C2\Oc3c(cc4c(c3C)OCN(C3CCCC3)C4)C2=O)c2ccccc21. The van der Waals surface area contributed by atoms with E-state index in [0.29, 0.717) is 29.8 Å². The van der Waals surface area contributed by atoms with Crippen molar-refractivity contribution in [3.05, 3.63) is 64.5 Å². The highest BCUT2D eigenvalue weighted by atomic mass is 16.5. The number of benzene rings is 2. The molecule has 0 spiro atoms. The maximum absolute atomic E-state index is 13.3. The van der Waals surface area contributed by atoms with Crippen LogP contribution in [0.4, 0.5) is 0 Å². The Labute approximate surface area is 188 Å². The number of rotatable bonds is 3. The molecule has 5 heteroatoms. The van der Waals surface area contributed by atoms with E-state index in [0.717, 1.165) is 46.4 Å². The summed E-state index contributed by atoms with van der Waals surface area (Å²) >= 11 is 0. The number of ether oxygens (including phenoxy) is 2. The van der Waals surface area contributed by atoms with Crippen molar-refractivity contribution in [3.8, 4) is 11.5 Å². The quantitative estimate of drug-likeness (QED) is 0.504. The molecule has 0 bridgehead atoms. The lowest BCUT2D eigenvalue weighted by Crippen LogP contribution is -2.39. The number of hydrogen-bond donors (Lipinski definition) is 0. The second-order valence-electron chi connectivity index (χ2n) is 9.15. The zero-order chi connectivity index (χ0) is 21.8. The lowest BCUT2D eigenvalue weighted by Gasteiger charge is -2.34. The average molecular weight is 429 g/mol. The molecule has 3 aromatic rings. The molecular formula is C27H28N2O3. The van der Waals surface area contributed by atoms with Gasteiger partial charge in [0.2, 0.25) is 5.78 Å². The van der Waals surface area contributed by atoms with Crippen LogP contribution in [0.15, 0.2) is 42.3 Å². The van der Waals surface area contributed by atoms with Gasteiger partial charge < -0.3 is 14.0 Å². The standard InChI is InChI=1S/C27H28N2O3/c1-3-28-14-18(21-10-6-7-11-23(21)28)13-24-25(30)22-12-19-15-29(20-8-4-5-9-20)16-31-26(19)17(2)27(22)32-24/h6-7,10-14,20H,3-5,8-9,15-16H2,1-2H3/b24-13-. The van der Waals surface area contributed by atoms with Crippen molar-refractivity contribution in [2.75, 3.05) is 6.73 Å². The summed E-state index contributed by atoms with van der Waals surface area (Å²) in [6.07, 6.45) is 9.06. The zero-order valence-corrected chi connectivity index (χ0v) is 18.7. The van der Waals surface area contributed by atoms with E-state index in [-0.39, 0.29) is 5.78 Å². The number of carbonyl (C=O) groups excluding carboxylic acids is 1. The molecule has 0 atom stereocenters. The van der Waals surface area contributed by atoms with Crippen molar-refractivity contribution < 1.29 is 14.3 Å². The largest absolute Gasteiger partial charge is 0.477 e. The molecule has 1 aliphatic carbocycles. The minimum Gasteiger partial charge on any atom is -0.477 e. The van der Waals surface area contributed by atoms with Crippen LogP contribution in [0.5, 0.6) is 11.5 Å². The third kappa shape index (κ3) is 2.99. The summed E-state index contributed by atoms with van der Waals surface area (Å²) < 4.78 is 14.5. The number of carbonyl (C=O) groups is 1. The minimum atomic E-state index is -0.0442. The van der Waals surface area contributed by atoms with Crippen molar-refractivity contribution in [2.45, 2.75) is 58.7 Å². The number of hydrogen-bond acceptors (Lipinski definition) is 4. The average Bonchev–Trinajstić information content (AvgIpc) is 3.54. The summed E-state index contributed by atoms with van der Waals surface area (Å²) in [4.78, 5) is 15.7. The molecule has 164 valence electrons. The van der Waals surface area contributed by atoms with E-state index in [9.17, 15) is 4.79 Å². The Morgan fingerprint density at radius 2 is 1.97 bits per heavy atom. The molecule has 32 heavy (non-hydrogen) atoms. The Hall–Kier alpha value is -3.05. The maximum Gasteiger partial charge on any atom is 0.231 e. The molecule has 1 aromatic heterocycles. The molecule has 5 nitrogen and oxygen atoms in total. The van der Waals surface area contributed by atoms with Crippen LogP contribution < -0.4 is 9.47 Å². The van der Waals surface area contributed by atoms with Gasteiger partial charge in [-0.1, -0.05) is 31.0 Å². The fourth-order valence-corrected chi connectivity index (χ4v) is 5.56. The Morgan fingerprint density at radius 3 is 2.78 bits per heavy atom. The summed E-state index contributed by atoms with van der Waals surface area (Å²) in [7, 11) is 0. The van der Waals surface area contributed by atoms with Gasteiger partial charge in [-0.25, -0.2) is 0 Å². The molecule has 3 aliphatic rings. The number of fused-ring (bicyclic) bond motifs is 3. The first-order chi connectivity index (χ1) is 15.6. The molecular weight excluding hydrogens is 400 g/mol. The highest BCUT2D eigenvalue weighted by Crippen LogP contribution is 2.44. The Balaban J connectivity index is 1.36. The molecule has 3 heterocycles. The number of aryl methyl sites for hydroxylation is 1. The molecule has 0 N–H and O–H groups in total. The molecule has 1 fully saturated rings. The molecule has 0 radical (unpaired) electrons. The highest BCUT2D eigenvalue weighted by Gasteiger charge is 2.35. The number of ketones is 1. The van der Waals surface area contributed by atoms with Gasteiger partial charge in [-0.05, 0) is 44.9 Å². The monoisotopic (exact) mass is 428 g/mol. The molecule has 0 amide bonds. The van der Waals surface area contributed by atoms with Crippen molar-refractivity contribution in [1.29, 1.82) is 0 Å². The smallest absolute Gasteiger partial charge is 0.231 e. The first-order valence-electron chi connectivity index (χ1n) is 11.7. The summed E-state index contributed by atoms with van der Waals surface area (Å²) in [6.45, 7) is 6.45. The van der Waals surface area contributed by atoms with E-state index in [4.69, 9.17) is 9.47 Å². The van der Waals surface area contributed by atoms with Gasteiger partial charge in [-0.15, -0.1) is 0 Å². The van der Waals surface area contributed by atoms with E-state index in [1.54, 1.807) is 0 Å². The summed E-state index contributed by atoms with van der Waals surface area (Å²) in [5.41, 5.74) is 4.85. The fraction of sp³-hybridized carbons (Fsp3) is 0.370. The lowest BCUT2D eigenvalue weighted by molar-refractivity contribution is 0.0570. The van der Waals surface area contributed by atoms with Crippen LogP contribution in [-0.2, 0) is 13.1 Å². The van der Waals surface area contributed by atoms with E-state index in [1.807, 2.05) is 31.2 Å². The second-order valence-corrected chi connectivity index (χ2v) is 9.15. The predicted molar refractivity (Wildman–Crippen MR) is 125 cm³/mol. The van der Waals surface area contributed by atoms with Crippen LogP contribution in [0, 0.1) is 6.92 Å². The molecule has 1 saturated carbocycles. The van der Waals surface area contributed by atoms with Crippen LogP contribution in [-0.4, -0.2) is 28.0 Å². The normalized spacial score (nSPS) is 19.9. The molecule has 2 aromatic carbocycles. The van der Waals surface area contributed by atoms with Gasteiger partial charge in [0.1, 0.15) is 18.2 Å². The van der Waals surface area contributed by atoms with Gasteiger partial charge in [0, 0.05) is 52.9 Å². The van der Waals surface area contributed by atoms with Gasteiger partial charge in [0.15, 0.2) is 5.76 Å². The number of Topliss-reactive ketones (excluding diaryl/α,β-unsaturated/α-hetero) is 1. The first-order valence-corrected chi connectivity index (χ1v) is 11.7. The number of aromatic nitrogens is 1. The van der Waals surface area contributed by atoms with E-state index < -0.39 is 0 Å². The van der Waals surface area contributed by atoms with E-state index in [1.165, 1.54) is 25.7 Å². The van der Waals surface area contributed by atoms with Crippen molar-refractivity contribution >= 4 is 22.8 Å². The summed E-state index contributed by atoms with van der Waals surface area (Å²) in [6, 6.07) is 10.9. The molecule has 0 unspecified atom stereocenters. The topological polar surface area (TPSA) is 43.7 Å². The number of para-hydroxylation sites is 1. The maximum atomic E-state index is 13.3. The minimum absolute atomic E-state index is 0.0442. The third-order valence-electron chi connectivity index (χ3n) is 7.25. The summed E-state index contributed by atoms with van der Waals surface area (Å²) in [5.74, 6) is 1.87. The number of nitrogens with zero attached hydrogens (tertiary/aromatic N) is 2.